The first-order valence-electron chi connectivity index (χ1n) is 3.73. The summed E-state index contributed by atoms with van der Waals surface area (Å²) in [5.74, 6) is -0.380. The standard InChI is InChI=1S/C8H3F3O3S/c9-8(10,11)14-4-1-2-5-6(3-4)13-7(15)12-5/h1-3H. The molecule has 7 heteroatoms. The van der Waals surface area contributed by atoms with Gasteiger partial charge in [0, 0.05) is 18.3 Å². The van der Waals surface area contributed by atoms with Gasteiger partial charge in [-0.15, -0.1) is 13.2 Å². The highest BCUT2D eigenvalue weighted by molar-refractivity contribution is 7.71. The highest BCUT2D eigenvalue weighted by Crippen LogP contribution is 2.27. The van der Waals surface area contributed by atoms with Crippen LogP contribution in [-0.2, 0) is 0 Å². The Bertz CT molecular complexity index is 540. The van der Waals surface area contributed by atoms with Gasteiger partial charge in [-0.2, -0.15) is 0 Å². The van der Waals surface area contributed by atoms with Crippen LogP contribution < -0.4 is 4.74 Å². The van der Waals surface area contributed by atoms with Crippen molar-refractivity contribution in [1.29, 1.82) is 0 Å². The molecule has 2 aromatic rings. The fourth-order valence-corrected chi connectivity index (χ4v) is 1.23. The lowest BCUT2D eigenvalue weighted by Crippen LogP contribution is -2.16. The van der Waals surface area contributed by atoms with Gasteiger partial charge in [0.05, 0.1) is 0 Å². The van der Waals surface area contributed by atoms with Crippen LogP contribution >= 0.6 is 12.2 Å². The first-order valence-corrected chi connectivity index (χ1v) is 4.14. The number of alkyl halides is 3. The summed E-state index contributed by atoms with van der Waals surface area (Å²) < 4.78 is 48.9. The maximum absolute atomic E-state index is 11.8. The number of halogens is 3. The predicted molar refractivity (Wildman–Crippen MR) is 46.0 cm³/mol. The Kier molecular flexibility index (Phi) is 2.18. The SMILES string of the molecule is FC(F)(F)Oc1ccc2oc(=S)oc2c1. The van der Waals surface area contributed by atoms with Crippen LogP contribution in [-0.4, -0.2) is 6.36 Å². The number of fused-ring (bicyclic) bond motifs is 1. The second-order valence-corrected chi connectivity index (χ2v) is 2.94. The average Bonchev–Trinajstić information content (AvgIpc) is 2.40. The average molecular weight is 236 g/mol. The Hall–Kier alpha value is -1.50. The minimum atomic E-state index is -4.73. The normalized spacial score (nSPS) is 11.9. The van der Waals surface area contributed by atoms with Crippen molar-refractivity contribution in [1.82, 2.24) is 0 Å². The molecule has 0 N–H and O–H groups in total. The molecule has 0 aliphatic heterocycles. The van der Waals surface area contributed by atoms with Crippen LogP contribution in [0.5, 0.6) is 5.75 Å². The van der Waals surface area contributed by atoms with Gasteiger partial charge in [-0.05, 0) is 12.1 Å². The van der Waals surface area contributed by atoms with E-state index in [0.29, 0.717) is 0 Å². The first kappa shape index (κ1) is 10.0. The summed E-state index contributed by atoms with van der Waals surface area (Å²) in [5, 5.41) is 0. The molecular formula is C8H3F3O3S. The molecule has 0 saturated carbocycles. The van der Waals surface area contributed by atoms with Crippen molar-refractivity contribution >= 4 is 23.4 Å². The van der Waals surface area contributed by atoms with Crippen LogP contribution in [0.1, 0.15) is 0 Å². The molecular weight excluding hydrogens is 233 g/mol. The van der Waals surface area contributed by atoms with Crippen molar-refractivity contribution in [3.8, 4) is 5.75 Å². The second kappa shape index (κ2) is 3.27. The third-order valence-corrected chi connectivity index (χ3v) is 1.70. The summed E-state index contributed by atoms with van der Waals surface area (Å²) >= 11 is 4.57. The molecule has 0 unspecified atom stereocenters. The van der Waals surface area contributed by atoms with E-state index in [4.69, 9.17) is 8.83 Å². The van der Waals surface area contributed by atoms with E-state index in [1.165, 1.54) is 6.07 Å². The zero-order chi connectivity index (χ0) is 11.1. The number of ether oxygens (including phenoxy) is 1. The van der Waals surface area contributed by atoms with Crippen molar-refractivity contribution in [3.05, 3.63) is 23.1 Å². The summed E-state index contributed by atoms with van der Waals surface area (Å²) in [7, 11) is 0. The lowest BCUT2D eigenvalue weighted by molar-refractivity contribution is -0.274. The van der Waals surface area contributed by atoms with Crippen LogP contribution in [0.4, 0.5) is 13.2 Å². The third-order valence-electron chi connectivity index (χ3n) is 1.54. The zero-order valence-corrected chi connectivity index (χ0v) is 7.82. The second-order valence-electron chi connectivity index (χ2n) is 2.61. The molecule has 0 atom stereocenters. The molecule has 15 heavy (non-hydrogen) atoms. The minimum absolute atomic E-state index is 0.113. The van der Waals surface area contributed by atoms with Crippen molar-refractivity contribution in [2.45, 2.75) is 6.36 Å². The predicted octanol–water partition coefficient (Wildman–Crippen LogP) is 3.65. The molecule has 1 aromatic heterocycles. The first-order chi connectivity index (χ1) is 6.94. The van der Waals surface area contributed by atoms with Gasteiger partial charge in [-0.1, -0.05) is 0 Å². The molecule has 2 rings (SSSR count). The molecule has 3 nitrogen and oxygen atoms in total. The smallest absolute Gasteiger partial charge is 0.413 e. The Morgan fingerprint density at radius 2 is 1.80 bits per heavy atom. The van der Waals surface area contributed by atoms with Gasteiger partial charge in [0.25, 0.3) is 0 Å². The number of rotatable bonds is 1. The van der Waals surface area contributed by atoms with Gasteiger partial charge < -0.3 is 13.6 Å². The maximum Gasteiger partial charge on any atom is 0.573 e. The van der Waals surface area contributed by atoms with E-state index in [-0.39, 0.29) is 21.8 Å². The number of hydrogen-bond donors (Lipinski definition) is 0. The van der Waals surface area contributed by atoms with Crippen LogP contribution in [0.3, 0.4) is 0 Å². The van der Waals surface area contributed by atoms with E-state index in [2.05, 4.69) is 17.0 Å². The van der Waals surface area contributed by atoms with Crippen LogP contribution in [0.2, 0.25) is 0 Å². The summed E-state index contributed by atoms with van der Waals surface area (Å²) in [6, 6.07) is 3.46. The van der Waals surface area contributed by atoms with E-state index in [1.807, 2.05) is 0 Å². The molecule has 0 fully saturated rings. The van der Waals surface area contributed by atoms with E-state index in [1.54, 1.807) is 0 Å². The van der Waals surface area contributed by atoms with E-state index < -0.39 is 6.36 Å². The fraction of sp³-hybridized carbons (Fsp3) is 0.125. The number of benzene rings is 1. The maximum atomic E-state index is 11.8. The Labute approximate surface area is 86.0 Å². The van der Waals surface area contributed by atoms with E-state index >= 15 is 0 Å². The van der Waals surface area contributed by atoms with Gasteiger partial charge >= 0.3 is 11.3 Å². The molecule has 0 aliphatic rings. The van der Waals surface area contributed by atoms with Crippen LogP contribution in [0.25, 0.3) is 11.2 Å². The monoisotopic (exact) mass is 236 g/mol. The largest absolute Gasteiger partial charge is 0.573 e. The summed E-state index contributed by atoms with van der Waals surface area (Å²) in [6.45, 7) is 0. The van der Waals surface area contributed by atoms with Crippen molar-refractivity contribution < 1.29 is 26.7 Å². The summed E-state index contributed by atoms with van der Waals surface area (Å²) in [4.78, 5) is -0.144. The van der Waals surface area contributed by atoms with E-state index in [9.17, 15) is 13.2 Å². The molecule has 1 aromatic carbocycles. The van der Waals surface area contributed by atoms with Gasteiger partial charge in [0.15, 0.2) is 11.2 Å². The van der Waals surface area contributed by atoms with Gasteiger partial charge in [0.2, 0.25) is 0 Å². The van der Waals surface area contributed by atoms with Crippen molar-refractivity contribution in [2.24, 2.45) is 0 Å². The van der Waals surface area contributed by atoms with Crippen LogP contribution in [0, 0.1) is 4.90 Å². The van der Waals surface area contributed by atoms with Gasteiger partial charge in [-0.25, -0.2) is 0 Å². The minimum Gasteiger partial charge on any atom is -0.413 e. The van der Waals surface area contributed by atoms with Crippen LogP contribution in [0.15, 0.2) is 27.0 Å². The lowest BCUT2D eigenvalue weighted by atomic mass is 10.3. The molecule has 0 radical (unpaired) electrons. The quantitative estimate of drug-likeness (QED) is 0.708. The Morgan fingerprint density at radius 3 is 2.47 bits per heavy atom. The molecule has 0 bridgehead atoms. The molecule has 0 saturated heterocycles. The summed E-state index contributed by atoms with van der Waals surface area (Å²) in [5.41, 5.74) is 0.385. The molecule has 80 valence electrons. The highest BCUT2D eigenvalue weighted by atomic mass is 32.1. The van der Waals surface area contributed by atoms with Gasteiger partial charge in [0.1, 0.15) is 5.75 Å². The lowest BCUT2D eigenvalue weighted by Gasteiger charge is -2.07. The third kappa shape index (κ3) is 2.30. The molecule has 1 heterocycles. The van der Waals surface area contributed by atoms with Gasteiger partial charge in [-0.3, -0.25) is 0 Å². The zero-order valence-electron chi connectivity index (χ0n) is 7.00. The number of hydrogen-bond acceptors (Lipinski definition) is 4. The van der Waals surface area contributed by atoms with Crippen molar-refractivity contribution in [2.75, 3.05) is 0 Å². The summed E-state index contributed by atoms with van der Waals surface area (Å²) in [6.07, 6.45) is -4.73. The molecule has 0 aliphatic carbocycles. The fourth-order valence-electron chi connectivity index (χ4n) is 1.05. The Morgan fingerprint density at radius 1 is 1.13 bits per heavy atom. The molecule has 0 spiro atoms. The van der Waals surface area contributed by atoms with E-state index in [0.717, 1.165) is 12.1 Å². The topological polar surface area (TPSA) is 35.5 Å². The Balaban J connectivity index is 2.42. The molecule has 0 amide bonds. The van der Waals surface area contributed by atoms with Crippen molar-refractivity contribution in [3.63, 3.8) is 0 Å². The highest BCUT2D eigenvalue weighted by Gasteiger charge is 2.31.